The van der Waals surface area contributed by atoms with Crippen molar-refractivity contribution in [3.63, 3.8) is 0 Å². The van der Waals surface area contributed by atoms with Gasteiger partial charge in [-0.3, -0.25) is 0 Å². The summed E-state index contributed by atoms with van der Waals surface area (Å²) in [5.74, 6) is 0.454. The molecule has 118 valence electrons. The van der Waals surface area contributed by atoms with Crippen LogP contribution in [0.25, 0.3) is 0 Å². The largest absolute Gasteiger partial charge is 0.374 e. The van der Waals surface area contributed by atoms with E-state index in [2.05, 4.69) is 32.8 Å². The zero-order valence-electron chi connectivity index (χ0n) is 13.3. The van der Waals surface area contributed by atoms with E-state index in [1.807, 2.05) is 18.2 Å². The molecule has 2 nitrogen and oxygen atoms in total. The molecule has 0 aromatic heterocycles. The Balaban J connectivity index is 2.16. The van der Waals surface area contributed by atoms with E-state index in [-0.39, 0.29) is 6.10 Å². The van der Waals surface area contributed by atoms with Crippen molar-refractivity contribution in [2.24, 2.45) is 0 Å². The van der Waals surface area contributed by atoms with Gasteiger partial charge in [0.15, 0.2) is 0 Å². The Labute approximate surface area is 138 Å². The monoisotopic (exact) mass is 329 g/mol. The van der Waals surface area contributed by atoms with Crippen molar-refractivity contribution in [3.8, 4) is 0 Å². The number of rotatable bonds is 4. The average molecular weight is 330 g/mol. The predicted molar refractivity (Wildman–Crippen MR) is 90.5 cm³/mol. The van der Waals surface area contributed by atoms with E-state index in [4.69, 9.17) is 27.9 Å². The van der Waals surface area contributed by atoms with Crippen molar-refractivity contribution >= 4 is 23.2 Å². The molecule has 0 saturated heterocycles. The van der Waals surface area contributed by atoms with Crippen LogP contribution in [-0.2, 0) is 4.74 Å². The van der Waals surface area contributed by atoms with Gasteiger partial charge in [-0.05, 0) is 76.9 Å². The van der Waals surface area contributed by atoms with Gasteiger partial charge >= 0.3 is 0 Å². The summed E-state index contributed by atoms with van der Waals surface area (Å²) in [6.07, 6.45) is 3.79. The predicted octanol–water partition coefficient (Wildman–Crippen LogP) is 4.98. The van der Waals surface area contributed by atoms with Crippen LogP contribution in [0.5, 0.6) is 0 Å². The minimum absolute atomic E-state index is 0.267. The molecule has 0 aliphatic heterocycles. The molecule has 0 spiro atoms. The molecule has 1 aromatic carbocycles. The van der Waals surface area contributed by atoms with E-state index in [1.54, 1.807) is 0 Å². The average Bonchev–Trinajstić information content (AvgIpc) is 2.41. The van der Waals surface area contributed by atoms with Gasteiger partial charge in [-0.15, -0.1) is 0 Å². The van der Waals surface area contributed by atoms with Gasteiger partial charge in [0.2, 0.25) is 0 Å². The molecule has 4 heteroatoms. The van der Waals surface area contributed by atoms with Crippen molar-refractivity contribution < 1.29 is 4.74 Å². The lowest BCUT2D eigenvalue weighted by molar-refractivity contribution is -0.0569. The van der Waals surface area contributed by atoms with Gasteiger partial charge in [-0.2, -0.15) is 0 Å². The van der Waals surface area contributed by atoms with Gasteiger partial charge in [0.25, 0.3) is 0 Å². The SMILES string of the molecule is CC(C)O[C@H]1CC[C@H](c2cc(Cl)ccc2Cl)C[C@@H]1N(C)C. The molecule has 21 heavy (non-hydrogen) atoms. The quantitative estimate of drug-likeness (QED) is 0.771. The Morgan fingerprint density at radius 1 is 1.19 bits per heavy atom. The molecule has 2 rings (SSSR count). The maximum absolute atomic E-state index is 6.37. The van der Waals surface area contributed by atoms with Gasteiger partial charge in [-0.25, -0.2) is 0 Å². The third-order valence-corrected chi connectivity index (χ3v) is 4.84. The number of hydrogen-bond donors (Lipinski definition) is 0. The zero-order chi connectivity index (χ0) is 15.6. The fourth-order valence-electron chi connectivity index (χ4n) is 3.28. The molecular weight excluding hydrogens is 305 g/mol. The maximum Gasteiger partial charge on any atom is 0.0733 e. The first-order chi connectivity index (χ1) is 9.88. The highest BCUT2D eigenvalue weighted by Gasteiger charge is 2.34. The minimum atomic E-state index is 0.267. The maximum atomic E-state index is 6.37. The first-order valence-electron chi connectivity index (χ1n) is 7.65. The second-order valence-corrected chi connectivity index (χ2v) is 7.27. The van der Waals surface area contributed by atoms with Crippen molar-refractivity contribution in [1.29, 1.82) is 0 Å². The first-order valence-corrected chi connectivity index (χ1v) is 8.41. The van der Waals surface area contributed by atoms with E-state index in [9.17, 15) is 0 Å². The molecule has 0 radical (unpaired) electrons. The van der Waals surface area contributed by atoms with Gasteiger partial charge in [-0.1, -0.05) is 23.2 Å². The summed E-state index contributed by atoms with van der Waals surface area (Å²) in [5.41, 5.74) is 1.18. The summed E-state index contributed by atoms with van der Waals surface area (Å²) in [7, 11) is 4.26. The molecule has 1 aromatic rings. The molecule has 0 N–H and O–H groups in total. The molecule has 1 saturated carbocycles. The number of nitrogens with zero attached hydrogens (tertiary/aromatic N) is 1. The highest BCUT2D eigenvalue weighted by Crippen LogP contribution is 2.39. The van der Waals surface area contributed by atoms with Crippen LogP contribution in [0.4, 0.5) is 0 Å². The molecule has 1 aliphatic rings. The van der Waals surface area contributed by atoms with Crippen LogP contribution in [0.3, 0.4) is 0 Å². The third kappa shape index (κ3) is 4.35. The number of hydrogen-bond acceptors (Lipinski definition) is 2. The second-order valence-electron chi connectivity index (χ2n) is 6.43. The zero-order valence-corrected chi connectivity index (χ0v) is 14.8. The Morgan fingerprint density at radius 2 is 1.90 bits per heavy atom. The third-order valence-electron chi connectivity index (χ3n) is 4.26. The first kappa shape index (κ1) is 17.1. The summed E-state index contributed by atoms with van der Waals surface area (Å²) in [6.45, 7) is 4.21. The van der Waals surface area contributed by atoms with E-state index in [1.165, 1.54) is 5.56 Å². The minimum Gasteiger partial charge on any atom is -0.374 e. The molecule has 0 heterocycles. The van der Waals surface area contributed by atoms with Crippen molar-refractivity contribution in [3.05, 3.63) is 33.8 Å². The van der Waals surface area contributed by atoms with Gasteiger partial charge in [0, 0.05) is 16.1 Å². The van der Waals surface area contributed by atoms with Crippen molar-refractivity contribution in [2.75, 3.05) is 14.1 Å². The molecule has 0 amide bonds. The van der Waals surface area contributed by atoms with Gasteiger partial charge in [0.05, 0.1) is 12.2 Å². The fourth-order valence-corrected chi connectivity index (χ4v) is 3.73. The standard InChI is InChI=1S/C17H25Cl2NO/c1-11(2)21-17-8-5-12(9-16(17)20(3)4)14-10-13(18)6-7-15(14)19/h6-7,10-12,16-17H,5,8-9H2,1-4H3/t12-,16-,17-/m0/s1. The van der Waals surface area contributed by atoms with Crippen LogP contribution in [0.2, 0.25) is 10.0 Å². The highest BCUT2D eigenvalue weighted by molar-refractivity contribution is 6.33. The second kappa shape index (κ2) is 7.32. The Hall–Kier alpha value is -0.280. The van der Waals surface area contributed by atoms with Crippen LogP contribution < -0.4 is 0 Å². The van der Waals surface area contributed by atoms with Crippen LogP contribution in [-0.4, -0.2) is 37.2 Å². The normalized spacial score (nSPS) is 26.6. The number of ether oxygens (including phenoxy) is 1. The Morgan fingerprint density at radius 3 is 2.52 bits per heavy atom. The van der Waals surface area contributed by atoms with E-state index in [0.717, 1.165) is 29.3 Å². The fraction of sp³-hybridized carbons (Fsp3) is 0.647. The Kier molecular flexibility index (Phi) is 5.96. The lowest BCUT2D eigenvalue weighted by Crippen LogP contribution is -2.45. The summed E-state index contributed by atoms with van der Waals surface area (Å²) >= 11 is 12.5. The lowest BCUT2D eigenvalue weighted by Gasteiger charge is -2.40. The highest BCUT2D eigenvalue weighted by atomic mass is 35.5. The molecule has 3 atom stereocenters. The van der Waals surface area contributed by atoms with Crippen molar-refractivity contribution in [2.45, 2.75) is 57.3 Å². The van der Waals surface area contributed by atoms with E-state index in [0.29, 0.717) is 18.1 Å². The van der Waals surface area contributed by atoms with E-state index < -0.39 is 0 Å². The lowest BCUT2D eigenvalue weighted by atomic mass is 9.79. The van der Waals surface area contributed by atoms with E-state index >= 15 is 0 Å². The van der Waals surface area contributed by atoms with Crippen molar-refractivity contribution in [1.82, 2.24) is 4.90 Å². The topological polar surface area (TPSA) is 12.5 Å². The number of benzene rings is 1. The van der Waals surface area contributed by atoms with Gasteiger partial charge < -0.3 is 9.64 Å². The van der Waals surface area contributed by atoms with Crippen LogP contribution in [0, 0.1) is 0 Å². The summed E-state index contributed by atoms with van der Waals surface area (Å²) < 4.78 is 6.10. The summed E-state index contributed by atoms with van der Waals surface area (Å²) in [6, 6.07) is 6.19. The number of halogens is 2. The van der Waals surface area contributed by atoms with Crippen LogP contribution in [0.15, 0.2) is 18.2 Å². The van der Waals surface area contributed by atoms with Crippen LogP contribution in [0.1, 0.15) is 44.6 Å². The van der Waals surface area contributed by atoms with Crippen LogP contribution >= 0.6 is 23.2 Å². The summed E-state index contributed by atoms with van der Waals surface area (Å²) in [5, 5.41) is 1.58. The number of likely N-dealkylation sites (N-methyl/N-ethyl adjacent to an activating group) is 1. The molecule has 0 unspecified atom stereocenters. The molecule has 1 fully saturated rings. The summed E-state index contributed by atoms with van der Waals surface area (Å²) in [4.78, 5) is 2.28. The van der Waals surface area contributed by atoms with Gasteiger partial charge in [0.1, 0.15) is 0 Å². The molecule has 0 bridgehead atoms. The smallest absolute Gasteiger partial charge is 0.0733 e. The molecular formula is C17H25Cl2NO. The Bertz CT molecular complexity index is 476. The molecule has 1 aliphatic carbocycles.